The molecular weight excluding hydrogens is 336 g/mol. The van der Waals surface area contributed by atoms with Gasteiger partial charge in [-0.3, -0.25) is 9.59 Å². The van der Waals surface area contributed by atoms with Crippen LogP contribution in [0.2, 0.25) is 5.02 Å². The highest BCUT2D eigenvalue weighted by Crippen LogP contribution is 2.46. The van der Waals surface area contributed by atoms with E-state index in [9.17, 15) is 9.59 Å². The van der Waals surface area contributed by atoms with E-state index in [1.54, 1.807) is 0 Å². The van der Waals surface area contributed by atoms with E-state index < -0.39 is 5.41 Å². The maximum absolute atomic E-state index is 12.4. The number of amides is 2. The number of halogens is 1. The van der Waals surface area contributed by atoms with Gasteiger partial charge in [-0.2, -0.15) is 0 Å². The lowest BCUT2D eigenvalue weighted by molar-refractivity contribution is -0.137. The molecule has 0 saturated heterocycles. The van der Waals surface area contributed by atoms with Crippen molar-refractivity contribution in [2.75, 3.05) is 6.54 Å². The van der Waals surface area contributed by atoms with Crippen LogP contribution < -0.4 is 10.6 Å². The number of benzene rings is 2. The second-order valence-electron chi connectivity index (χ2n) is 6.38. The summed E-state index contributed by atoms with van der Waals surface area (Å²) in [6.45, 7) is 0.952. The molecule has 1 saturated carbocycles. The molecule has 2 amide bonds. The first-order valence-corrected chi connectivity index (χ1v) is 8.83. The largest absolute Gasteiger partial charge is 0.355 e. The van der Waals surface area contributed by atoms with Crippen LogP contribution in [0.3, 0.4) is 0 Å². The Balaban J connectivity index is 1.47. The molecule has 0 heterocycles. The lowest BCUT2D eigenvalue weighted by atomic mass is 10.0. The molecule has 1 aliphatic rings. The van der Waals surface area contributed by atoms with Gasteiger partial charge >= 0.3 is 0 Å². The Kier molecular flexibility index (Phi) is 5.39. The van der Waals surface area contributed by atoms with E-state index in [0.29, 0.717) is 37.4 Å². The molecule has 0 spiro atoms. The summed E-state index contributed by atoms with van der Waals surface area (Å²) in [6, 6.07) is 17.2. The average molecular weight is 357 g/mol. The van der Waals surface area contributed by atoms with Crippen molar-refractivity contribution in [3.63, 3.8) is 0 Å². The van der Waals surface area contributed by atoms with Gasteiger partial charge in [-0.1, -0.05) is 54.1 Å². The molecule has 0 bridgehead atoms. The van der Waals surface area contributed by atoms with Crippen molar-refractivity contribution in [1.82, 2.24) is 10.6 Å². The molecule has 0 aliphatic heterocycles. The maximum atomic E-state index is 12.4. The molecule has 1 aliphatic carbocycles. The summed E-state index contributed by atoms with van der Waals surface area (Å²) < 4.78 is 0. The van der Waals surface area contributed by atoms with Crippen LogP contribution in [0.15, 0.2) is 54.6 Å². The highest BCUT2D eigenvalue weighted by molar-refractivity contribution is 6.30. The summed E-state index contributed by atoms with van der Waals surface area (Å²) >= 11 is 5.86. The first-order valence-electron chi connectivity index (χ1n) is 8.45. The number of rotatable bonds is 7. The zero-order valence-corrected chi connectivity index (χ0v) is 14.7. The highest BCUT2D eigenvalue weighted by atomic mass is 35.5. The molecule has 5 heteroatoms. The highest BCUT2D eigenvalue weighted by Gasteiger charge is 2.56. The molecule has 0 atom stereocenters. The van der Waals surface area contributed by atoms with Crippen LogP contribution in [0.1, 0.15) is 24.0 Å². The van der Waals surface area contributed by atoms with Crippen molar-refractivity contribution in [3.05, 3.63) is 70.7 Å². The van der Waals surface area contributed by atoms with E-state index >= 15 is 0 Å². The smallest absolute Gasteiger partial charge is 0.235 e. The number of carbonyl (C=O) groups is 2. The molecule has 2 aromatic rings. The van der Waals surface area contributed by atoms with Crippen LogP contribution in [-0.4, -0.2) is 18.4 Å². The van der Waals surface area contributed by atoms with Gasteiger partial charge in [0.25, 0.3) is 0 Å². The average Bonchev–Trinajstić information content (AvgIpc) is 3.44. The van der Waals surface area contributed by atoms with E-state index in [2.05, 4.69) is 10.6 Å². The first kappa shape index (κ1) is 17.5. The predicted octanol–water partition coefficient (Wildman–Crippen LogP) is 3.10. The Bertz CT molecular complexity index is 740. The minimum atomic E-state index is -0.880. The molecule has 0 unspecified atom stereocenters. The minimum absolute atomic E-state index is 0.174. The van der Waals surface area contributed by atoms with Gasteiger partial charge < -0.3 is 10.6 Å². The van der Waals surface area contributed by atoms with E-state index in [4.69, 9.17) is 11.6 Å². The van der Waals surface area contributed by atoms with Gasteiger partial charge in [-0.15, -0.1) is 0 Å². The van der Waals surface area contributed by atoms with E-state index in [1.165, 1.54) is 0 Å². The molecule has 0 aromatic heterocycles. The van der Waals surface area contributed by atoms with Crippen molar-refractivity contribution < 1.29 is 9.59 Å². The lowest BCUT2D eigenvalue weighted by Crippen LogP contribution is -2.43. The summed E-state index contributed by atoms with van der Waals surface area (Å²) in [5.74, 6) is -0.354. The van der Waals surface area contributed by atoms with Gasteiger partial charge in [0.15, 0.2) is 0 Å². The molecule has 1 fully saturated rings. The zero-order chi connectivity index (χ0) is 17.7. The molecular formula is C20H21ClN2O2. The van der Waals surface area contributed by atoms with Gasteiger partial charge in [0.05, 0.1) is 0 Å². The summed E-state index contributed by atoms with van der Waals surface area (Å²) in [5.41, 5.74) is 1.24. The third-order valence-corrected chi connectivity index (χ3v) is 4.78. The van der Waals surface area contributed by atoms with E-state index in [1.807, 2.05) is 54.6 Å². The number of hydrogen-bond donors (Lipinski definition) is 2. The van der Waals surface area contributed by atoms with Crippen molar-refractivity contribution in [3.8, 4) is 0 Å². The summed E-state index contributed by atoms with van der Waals surface area (Å²) in [6.07, 6.45) is 1.94. The summed E-state index contributed by atoms with van der Waals surface area (Å²) in [7, 11) is 0. The van der Waals surface area contributed by atoms with E-state index in [0.717, 1.165) is 11.1 Å². The maximum Gasteiger partial charge on any atom is 0.235 e. The molecule has 0 radical (unpaired) electrons. The second kappa shape index (κ2) is 7.70. The third kappa shape index (κ3) is 4.40. The van der Waals surface area contributed by atoms with Crippen LogP contribution in [0.5, 0.6) is 0 Å². The van der Waals surface area contributed by atoms with Gasteiger partial charge in [-0.05, 0) is 42.5 Å². The lowest BCUT2D eigenvalue weighted by Gasteiger charge is -2.15. The third-order valence-electron chi connectivity index (χ3n) is 4.53. The summed E-state index contributed by atoms with van der Waals surface area (Å²) in [5, 5.41) is 6.47. The van der Waals surface area contributed by atoms with Gasteiger partial charge in [0.1, 0.15) is 5.41 Å². The van der Waals surface area contributed by atoms with Crippen LogP contribution >= 0.6 is 11.6 Å². The van der Waals surface area contributed by atoms with Crippen LogP contribution in [-0.2, 0) is 22.6 Å². The number of hydrogen-bond acceptors (Lipinski definition) is 2. The SMILES string of the molecule is O=C(NCCc1ccc(Cl)cc1)C1(C(=O)NCc2ccccc2)CC1. The fraction of sp³-hybridized carbons (Fsp3) is 0.300. The Hall–Kier alpha value is -2.33. The normalized spacial score (nSPS) is 14.6. The number of carbonyl (C=O) groups excluding carboxylic acids is 2. The van der Waals surface area contributed by atoms with Crippen molar-refractivity contribution in [2.45, 2.75) is 25.8 Å². The molecule has 3 rings (SSSR count). The molecule has 25 heavy (non-hydrogen) atoms. The van der Waals surface area contributed by atoms with Crippen molar-refractivity contribution >= 4 is 23.4 Å². The van der Waals surface area contributed by atoms with Gasteiger partial charge in [-0.25, -0.2) is 0 Å². The fourth-order valence-electron chi connectivity index (χ4n) is 2.77. The molecule has 130 valence electrons. The molecule has 2 N–H and O–H groups in total. The number of nitrogens with one attached hydrogen (secondary N) is 2. The molecule has 2 aromatic carbocycles. The zero-order valence-electron chi connectivity index (χ0n) is 13.9. The Labute approximate surface area is 152 Å². The van der Waals surface area contributed by atoms with E-state index in [-0.39, 0.29) is 11.8 Å². The Morgan fingerprint density at radius 2 is 1.52 bits per heavy atom. The van der Waals surface area contributed by atoms with Gasteiger partial charge in [0, 0.05) is 18.1 Å². The minimum Gasteiger partial charge on any atom is -0.355 e. The van der Waals surface area contributed by atoms with Crippen LogP contribution in [0.4, 0.5) is 0 Å². The first-order chi connectivity index (χ1) is 12.1. The monoisotopic (exact) mass is 356 g/mol. The quantitative estimate of drug-likeness (QED) is 0.749. The second-order valence-corrected chi connectivity index (χ2v) is 6.82. The Morgan fingerprint density at radius 1 is 0.880 bits per heavy atom. The molecule has 4 nitrogen and oxygen atoms in total. The van der Waals surface area contributed by atoms with Crippen molar-refractivity contribution in [2.24, 2.45) is 5.41 Å². The summed E-state index contributed by atoms with van der Waals surface area (Å²) in [4.78, 5) is 24.9. The fourth-order valence-corrected chi connectivity index (χ4v) is 2.90. The van der Waals surface area contributed by atoms with Crippen LogP contribution in [0, 0.1) is 5.41 Å². The topological polar surface area (TPSA) is 58.2 Å². The van der Waals surface area contributed by atoms with Gasteiger partial charge in [0.2, 0.25) is 11.8 Å². The predicted molar refractivity (Wildman–Crippen MR) is 98.1 cm³/mol. The van der Waals surface area contributed by atoms with Crippen molar-refractivity contribution in [1.29, 1.82) is 0 Å². The standard InChI is InChI=1S/C20H21ClN2O2/c21-17-8-6-15(7-9-17)10-13-22-18(24)20(11-12-20)19(25)23-14-16-4-2-1-3-5-16/h1-9H,10-14H2,(H,22,24)(H,23,25). The Morgan fingerprint density at radius 3 is 2.16 bits per heavy atom. The van der Waals surface area contributed by atoms with Crippen LogP contribution in [0.25, 0.3) is 0 Å².